The molecular weight excluding hydrogens is 340 g/mol. The minimum atomic E-state index is -0.295. The number of carbonyl (C=O) groups excluding carboxylic acids is 1. The Morgan fingerprint density at radius 2 is 2.04 bits per heavy atom. The summed E-state index contributed by atoms with van der Waals surface area (Å²) in [6.45, 7) is 0.174. The summed E-state index contributed by atoms with van der Waals surface area (Å²) in [5.41, 5.74) is 1.80. The number of rotatable bonds is 6. The maximum absolute atomic E-state index is 12.8. The van der Waals surface area contributed by atoms with Crippen molar-refractivity contribution in [1.29, 1.82) is 0 Å². The Hall–Kier alpha value is -3.52. The van der Waals surface area contributed by atoms with Crippen molar-refractivity contribution in [3.8, 4) is 29.5 Å². The van der Waals surface area contributed by atoms with Crippen LogP contribution in [-0.4, -0.2) is 17.5 Å². The first-order chi connectivity index (χ1) is 13.2. The Bertz CT molecular complexity index is 998. The molecule has 3 aromatic rings. The quantitative estimate of drug-likeness (QED) is 0.660. The highest BCUT2D eigenvalue weighted by Crippen LogP contribution is 2.43. The molecule has 1 fully saturated rings. The molecule has 27 heavy (non-hydrogen) atoms. The number of nitrogens with one attached hydrogen (secondary N) is 1. The molecule has 2 aromatic carbocycles. The first-order valence-electron chi connectivity index (χ1n) is 8.78. The van der Waals surface area contributed by atoms with E-state index in [1.54, 1.807) is 24.3 Å². The number of amides is 1. The average Bonchev–Trinajstić information content (AvgIpc) is 3.45. The van der Waals surface area contributed by atoms with Gasteiger partial charge < -0.3 is 14.5 Å². The molecule has 1 saturated carbocycles. The molecule has 1 amide bonds. The van der Waals surface area contributed by atoms with Gasteiger partial charge in [-0.2, -0.15) is 0 Å². The van der Waals surface area contributed by atoms with E-state index in [-0.39, 0.29) is 18.4 Å². The standard InChI is InChI=1S/C22H18N2O3/c1-2-13-26-18-10-6-9-17(14-18)23-21(25)19-20(15-11-12-15)27-22(24-19)16-7-4-3-5-8-16/h1,3-10,14-15H,11-13H2,(H,23,25). The van der Waals surface area contributed by atoms with Gasteiger partial charge in [0.2, 0.25) is 5.89 Å². The van der Waals surface area contributed by atoms with E-state index in [2.05, 4.69) is 16.2 Å². The molecular formula is C22H18N2O3. The fourth-order valence-electron chi connectivity index (χ4n) is 2.80. The molecule has 0 bridgehead atoms. The summed E-state index contributed by atoms with van der Waals surface area (Å²) in [4.78, 5) is 17.3. The fraction of sp³-hybridized carbons (Fsp3) is 0.182. The van der Waals surface area contributed by atoms with Crippen molar-refractivity contribution in [2.45, 2.75) is 18.8 Å². The molecule has 0 spiro atoms. The van der Waals surface area contributed by atoms with Crippen LogP contribution in [0.4, 0.5) is 5.69 Å². The Kier molecular flexibility index (Phi) is 4.63. The van der Waals surface area contributed by atoms with E-state index in [9.17, 15) is 4.79 Å². The second-order valence-electron chi connectivity index (χ2n) is 6.35. The minimum absolute atomic E-state index is 0.174. The molecule has 0 unspecified atom stereocenters. The Morgan fingerprint density at radius 3 is 2.78 bits per heavy atom. The smallest absolute Gasteiger partial charge is 0.277 e. The van der Waals surface area contributed by atoms with Crippen LogP contribution < -0.4 is 10.1 Å². The molecule has 5 heteroatoms. The first-order valence-corrected chi connectivity index (χ1v) is 8.78. The van der Waals surface area contributed by atoms with Gasteiger partial charge in [-0.15, -0.1) is 6.42 Å². The van der Waals surface area contributed by atoms with Gasteiger partial charge in [0, 0.05) is 23.2 Å². The molecule has 0 saturated heterocycles. The second-order valence-corrected chi connectivity index (χ2v) is 6.35. The number of aromatic nitrogens is 1. The normalized spacial score (nSPS) is 13.0. The van der Waals surface area contributed by atoms with Gasteiger partial charge in [0.15, 0.2) is 5.69 Å². The summed E-state index contributed by atoms with van der Waals surface area (Å²) >= 11 is 0. The monoisotopic (exact) mass is 358 g/mol. The lowest BCUT2D eigenvalue weighted by Crippen LogP contribution is -2.14. The van der Waals surface area contributed by atoms with E-state index in [4.69, 9.17) is 15.6 Å². The topological polar surface area (TPSA) is 64.4 Å². The number of hydrogen-bond donors (Lipinski definition) is 1. The van der Waals surface area contributed by atoms with Crippen molar-refractivity contribution in [3.05, 3.63) is 66.1 Å². The van der Waals surface area contributed by atoms with Crippen LogP contribution in [0.25, 0.3) is 11.5 Å². The highest BCUT2D eigenvalue weighted by Gasteiger charge is 2.34. The maximum atomic E-state index is 12.8. The van der Waals surface area contributed by atoms with Gasteiger partial charge in [0.1, 0.15) is 18.1 Å². The lowest BCUT2D eigenvalue weighted by Gasteiger charge is -2.07. The third-order valence-corrected chi connectivity index (χ3v) is 4.25. The molecule has 0 radical (unpaired) electrons. The molecule has 1 aromatic heterocycles. The van der Waals surface area contributed by atoms with Crippen LogP contribution in [0, 0.1) is 12.3 Å². The van der Waals surface area contributed by atoms with Crippen molar-refractivity contribution in [2.75, 3.05) is 11.9 Å². The van der Waals surface area contributed by atoms with E-state index < -0.39 is 0 Å². The number of carbonyl (C=O) groups is 1. The van der Waals surface area contributed by atoms with Crippen molar-refractivity contribution in [2.24, 2.45) is 0 Å². The number of nitrogens with zero attached hydrogens (tertiary/aromatic N) is 1. The van der Waals surface area contributed by atoms with E-state index in [1.165, 1.54) is 0 Å². The number of benzene rings is 2. The highest BCUT2D eigenvalue weighted by atomic mass is 16.5. The van der Waals surface area contributed by atoms with Crippen LogP contribution in [0.5, 0.6) is 5.75 Å². The van der Waals surface area contributed by atoms with E-state index in [0.29, 0.717) is 28.8 Å². The lowest BCUT2D eigenvalue weighted by molar-refractivity contribution is 0.102. The Labute approximate surface area is 157 Å². The van der Waals surface area contributed by atoms with E-state index >= 15 is 0 Å². The van der Waals surface area contributed by atoms with E-state index in [1.807, 2.05) is 30.3 Å². The minimum Gasteiger partial charge on any atom is -0.481 e. The van der Waals surface area contributed by atoms with Crippen molar-refractivity contribution in [3.63, 3.8) is 0 Å². The summed E-state index contributed by atoms with van der Waals surface area (Å²) in [6.07, 6.45) is 7.23. The zero-order chi connectivity index (χ0) is 18.6. The van der Waals surface area contributed by atoms with Crippen molar-refractivity contribution >= 4 is 11.6 Å². The van der Waals surface area contributed by atoms with E-state index in [0.717, 1.165) is 18.4 Å². The van der Waals surface area contributed by atoms with Crippen LogP contribution in [0.3, 0.4) is 0 Å². The first kappa shape index (κ1) is 16.9. The molecule has 1 aliphatic carbocycles. The molecule has 0 atom stereocenters. The summed E-state index contributed by atoms with van der Waals surface area (Å²) in [6, 6.07) is 16.7. The predicted octanol–water partition coefficient (Wildman–Crippen LogP) is 4.48. The third-order valence-electron chi connectivity index (χ3n) is 4.25. The van der Waals surface area contributed by atoms with Crippen LogP contribution in [0.15, 0.2) is 59.0 Å². The van der Waals surface area contributed by atoms with Gasteiger partial charge in [-0.1, -0.05) is 30.2 Å². The zero-order valence-electron chi connectivity index (χ0n) is 14.6. The second kappa shape index (κ2) is 7.38. The molecule has 1 aliphatic rings. The van der Waals surface area contributed by atoms with Gasteiger partial charge >= 0.3 is 0 Å². The number of anilines is 1. The number of ether oxygens (including phenoxy) is 1. The maximum Gasteiger partial charge on any atom is 0.277 e. The summed E-state index contributed by atoms with van der Waals surface area (Å²) < 4.78 is 11.3. The average molecular weight is 358 g/mol. The summed E-state index contributed by atoms with van der Waals surface area (Å²) in [7, 11) is 0. The van der Waals surface area contributed by atoms with Gasteiger partial charge in [-0.05, 0) is 37.1 Å². The molecule has 5 nitrogen and oxygen atoms in total. The predicted molar refractivity (Wildman–Crippen MR) is 103 cm³/mol. The summed E-state index contributed by atoms with van der Waals surface area (Å²) in [5.74, 6) is 4.11. The van der Waals surface area contributed by atoms with Gasteiger partial charge in [-0.3, -0.25) is 4.79 Å². The summed E-state index contributed by atoms with van der Waals surface area (Å²) in [5, 5.41) is 2.87. The van der Waals surface area contributed by atoms with Crippen LogP contribution in [0.2, 0.25) is 0 Å². The van der Waals surface area contributed by atoms with Gasteiger partial charge in [0.05, 0.1) is 0 Å². The van der Waals surface area contributed by atoms with Gasteiger partial charge in [-0.25, -0.2) is 4.98 Å². The van der Waals surface area contributed by atoms with Gasteiger partial charge in [0.25, 0.3) is 5.91 Å². The molecule has 4 rings (SSSR count). The van der Waals surface area contributed by atoms with Crippen molar-refractivity contribution < 1.29 is 13.9 Å². The Morgan fingerprint density at radius 1 is 1.22 bits per heavy atom. The zero-order valence-corrected chi connectivity index (χ0v) is 14.6. The molecule has 1 heterocycles. The van der Waals surface area contributed by atoms with Crippen LogP contribution in [-0.2, 0) is 0 Å². The fourth-order valence-corrected chi connectivity index (χ4v) is 2.80. The highest BCUT2D eigenvalue weighted by molar-refractivity contribution is 6.04. The van der Waals surface area contributed by atoms with Crippen LogP contribution >= 0.6 is 0 Å². The number of hydrogen-bond acceptors (Lipinski definition) is 4. The largest absolute Gasteiger partial charge is 0.481 e. The van der Waals surface area contributed by atoms with Crippen LogP contribution in [0.1, 0.15) is 35.0 Å². The Balaban J connectivity index is 1.58. The third kappa shape index (κ3) is 3.85. The lowest BCUT2D eigenvalue weighted by atomic mass is 10.2. The SMILES string of the molecule is C#CCOc1cccc(NC(=O)c2nc(-c3ccccc3)oc2C2CC2)c1. The molecule has 1 N–H and O–H groups in total. The number of oxazole rings is 1. The number of terminal acetylenes is 1. The molecule has 134 valence electrons. The molecule has 0 aliphatic heterocycles. The van der Waals surface area contributed by atoms with Crippen molar-refractivity contribution in [1.82, 2.24) is 4.98 Å².